The van der Waals surface area contributed by atoms with E-state index in [1.54, 1.807) is 0 Å². The van der Waals surface area contributed by atoms with Crippen molar-refractivity contribution in [2.45, 2.75) is 6.18 Å². The molecule has 0 atom stereocenters. The van der Waals surface area contributed by atoms with Gasteiger partial charge in [-0.05, 0) is 0 Å². The fourth-order valence-electron chi connectivity index (χ4n) is 0.496. The Kier molecular flexibility index (Phi) is 5.94. The van der Waals surface area contributed by atoms with Crippen LogP contribution in [0.2, 0.25) is 0 Å². The minimum Gasteiger partial charge on any atom is -0.371 e. The van der Waals surface area contributed by atoms with E-state index < -0.39 is 22.8 Å². The van der Waals surface area contributed by atoms with Crippen molar-refractivity contribution in [3.05, 3.63) is 0 Å². The summed E-state index contributed by atoms with van der Waals surface area (Å²) in [5.41, 5.74) is 0. The van der Waals surface area contributed by atoms with Crippen molar-refractivity contribution < 1.29 is 26.3 Å². The van der Waals surface area contributed by atoms with Crippen LogP contribution in [0.4, 0.5) is 13.2 Å². The van der Waals surface area contributed by atoms with Gasteiger partial charge in [0.05, 0.1) is 6.61 Å². The van der Waals surface area contributed by atoms with E-state index in [2.05, 4.69) is 20.7 Å². The number of halogens is 4. The van der Waals surface area contributed by atoms with Crippen molar-refractivity contribution in [2.75, 3.05) is 24.4 Å². The fraction of sp³-hybridized carbons (Fsp3) is 1.00. The molecule has 0 aliphatic carbocycles. The quantitative estimate of drug-likeness (QED) is 0.584. The highest BCUT2D eigenvalue weighted by molar-refractivity contribution is 9.10. The Morgan fingerprint density at radius 1 is 1.36 bits per heavy atom. The normalized spacial score (nSPS) is 13.1. The molecule has 0 aliphatic heterocycles. The van der Waals surface area contributed by atoms with Crippen LogP contribution >= 0.6 is 15.9 Å². The molecule has 0 amide bonds. The molecule has 14 heavy (non-hydrogen) atoms. The lowest BCUT2D eigenvalue weighted by Gasteiger charge is -2.07. The highest BCUT2D eigenvalue weighted by Gasteiger charge is 2.27. The molecule has 0 unspecified atom stereocenters. The number of hydrogen-bond donors (Lipinski definition) is 1. The standard InChI is InChI=1S/C5H9BrF3NO3S/c6-4-14(11,12)10-1-2-13-3-5(7,8)9/h10H,1-4H2. The summed E-state index contributed by atoms with van der Waals surface area (Å²) in [4.78, 5) is 0. The number of nitrogens with one attached hydrogen (secondary N) is 1. The van der Waals surface area contributed by atoms with Crippen molar-refractivity contribution in [3.8, 4) is 0 Å². The van der Waals surface area contributed by atoms with Gasteiger partial charge in [-0.2, -0.15) is 13.2 Å². The summed E-state index contributed by atoms with van der Waals surface area (Å²) in [5.74, 6) is 0. The van der Waals surface area contributed by atoms with E-state index in [9.17, 15) is 21.6 Å². The summed E-state index contributed by atoms with van der Waals surface area (Å²) in [6.07, 6.45) is -4.38. The Morgan fingerprint density at radius 2 is 1.93 bits per heavy atom. The largest absolute Gasteiger partial charge is 0.411 e. The van der Waals surface area contributed by atoms with E-state index in [1.807, 2.05) is 4.72 Å². The van der Waals surface area contributed by atoms with Gasteiger partial charge in [0.2, 0.25) is 10.0 Å². The minimum absolute atomic E-state index is 0.177. The molecule has 0 saturated heterocycles. The first-order valence-corrected chi connectivity index (χ1v) is 6.22. The van der Waals surface area contributed by atoms with Gasteiger partial charge < -0.3 is 4.74 Å². The maximum atomic E-state index is 11.5. The van der Waals surface area contributed by atoms with E-state index in [0.717, 1.165) is 0 Å². The number of ether oxygens (including phenoxy) is 1. The van der Waals surface area contributed by atoms with Gasteiger partial charge in [0.15, 0.2) is 0 Å². The van der Waals surface area contributed by atoms with Crippen LogP contribution in [0.1, 0.15) is 0 Å². The Hall–Kier alpha value is 0.140. The molecule has 4 nitrogen and oxygen atoms in total. The highest BCUT2D eigenvalue weighted by atomic mass is 79.9. The Labute approximate surface area is 88.0 Å². The maximum absolute atomic E-state index is 11.5. The van der Waals surface area contributed by atoms with Gasteiger partial charge >= 0.3 is 6.18 Å². The van der Waals surface area contributed by atoms with Gasteiger partial charge in [0.25, 0.3) is 0 Å². The fourth-order valence-corrected chi connectivity index (χ4v) is 1.45. The lowest BCUT2D eigenvalue weighted by Crippen LogP contribution is -2.29. The zero-order valence-electron chi connectivity index (χ0n) is 6.97. The Balaban J connectivity index is 3.49. The summed E-state index contributed by atoms with van der Waals surface area (Å²) >= 11 is 2.70. The van der Waals surface area contributed by atoms with E-state index in [4.69, 9.17) is 0 Å². The van der Waals surface area contributed by atoms with Gasteiger partial charge in [0, 0.05) is 6.54 Å². The van der Waals surface area contributed by atoms with Crippen molar-refractivity contribution in [1.29, 1.82) is 0 Å². The van der Waals surface area contributed by atoms with Gasteiger partial charge in [-0.15, -0.1) is 0 Å². The average Bonchev–Trinajstić information content (AvgIpc) is 2.01. The monoisotopic (exact) mass is 299 g/mol. The second-order valence-electron chi connectivity index (χ2n) is 2.29. The third-order valence-corrected chi connectivity index (χ3v) is 3.72. The second-order valence-corrected chi connectivity index (χ2v) is 5.40. The summed E-state index contributed by atoms with van der Waals surface area (Å²) in [5, 5.41) is 0. The summed E-state index contributed by atoms with van der Waals surface area (Å²) in [6, 6.07) is 0. The van der Waals surface area contributed by atoms with Crippen LogP contribution in [0.15, 0.2) is 0 Å². The first-order valence-electron chi connectivity index (χ1n) is 3.44. The zero-order chi connectivity index (χ0) is 11.2. The van der Waals surface area contributed by atoms with Gasteiger partial charge in [0.1, 0.15) is 11.3 Å². The molecule has 1 N–H and O–H groups in total. The first kappa shape index (κ1) is 14.1. The predicted molar refractivity (Wildman–Crippen MR) is 47.6 cm³/mol. The average molecular weight is 300 g/mol. The van der Waals surface area contributed by atoms with Crippen molar-refractivity contribution in [3.63, 3.8) is 0 Å². The minimum atomic E-state index is -4.38. The Bertz CT molecular complexity index is 253. The molecule has 0 bridgehead atoms. The van der Waals surface area contributed by atoms with Crippen LogP contribution in [-0.2, 0) is 14.8 Å². The molecule has 0 heterocycles. The second kappa shape index (κ2) is 5.89. The molecule has 0 rings (SSSR count). The maximum Gasteiger partial charge on any atom is 0.411 e. The van der Waals surface area contributed by atoms with Crippen LogP contribution in [0.3, 0.4) is 0 Å². The Morgan fingerprint density at radius 3 is 2.36 bits per heavy atom. The van der Waals surface area contributed by atoms with Crippen molar-refractivity contribution >= 4 is 26.0 Å². The lowest BCUT2D eigenvalue weighted by atomic mass is 10.7. The molecule has 0 spiro atoms. The van der Waals surface area contributed by atoms with Crippen molar-refractivity contribution in [2.24, 2.45) is 0 Å². The predicted octanol–water partition coefficient (Wildman–Crippen LogP) is 0.837. The number of sulfonamides is 1. The zero-order valence-corrected chi connectivity index (χ0v) is 9.38. The third kappa shape index (κ3) is 8.73. The summed E-state index contributed by atoms with van der Waals surface area (Å²) in [7, 11) is -3.43. The molecule has 9 heteroatoms. The molecule has 0 radical (unpaired) electrons. The first-order chi connectivity index (χ1) is 6.27. The highest BCUT2D eigenvalue weighted by Crippen LogP contribution is 2.13. The number of alkyl halides is 4. The molecule has 0 aromatic heterocycles. The molecule has 0 aliphatic rings. The van der Waals surface area contributed by atoms with Crippen LogP contribution in [0.5, 0.6) is 0 Å². The van der Waals surface area contributed by atoms with E-state index in [-0.39, 0.29) is 17.8 Å². The van der Waals surface area contributed by atoms with E-state index in [0.29, 0.717) is 0 Å². The van der Waals surface area contributed by atoms with Crippen LogP contribution in [-0.4, -0.2) is 39.0 Å². The third-order valence-electron chi connectivity index (χ3n) is 0.978. The van der Waals surface area contributed by atoms with Gasteiger partial charge in [-0.3, -0.25) is 0 Å². The SMILES string of the molecule is O=S(=O)(CBr)NCCOCC(F)(F)F. The molecular weight excluding hydrogens is 291 g/mol. The smallest absolute Gasteiger partial charge is 0.371 e. The molecular formula is C5H9BrF3NO3S. The van der Waals surface area contributed by atoms with Crippen LogP contribution in [0, 0.1) is 0 Å². The summed E-state index contributed by atoms with van der Waals surface area (Å²) in [6.45, 7) is -1.86. The molecule has 86 valence electrons. The van der Waals surface area contributed by atoms with E-state index >= 15 is 0 Å². The lowest BCUT2D eigenvalue weighted by molar-refractivity contribution is -0.173. The number of hydrogen-bond acceptors (Lipinski definition) is 3. The van der Waals surface area contributed by atoms with Crippen LogP contribution < -0.4 is 4.72 Å². The molecule has 0 saturated carbocycles. The molecule has 0 aromatic carbocycles. The van der Waals surface area contributed by atoms with Gasteiger partial charge in [-0.1, -0.05) is 15.9 Å². The van der Waals surface area contributed by atoms with E-state index in [1.165, 1.54) is 0 Å². The topological polar surface area (TPSA) is 55.4 Å². The van der Waals surface area contributed by atoms with Crippen molar-refractivity contribution in [1.82, 2.24) is 4.72 Å². The summed E-state index contributed by atoms with van der Waals surface area (Å²) < 4.78 is 61.9. The van der Waals surface area contributed by atoms with Crippen LogP contribution in [0.25, 0.3) is 0 Å². The molecule has 0 fully saturated rings. The number of rotatable bonds is 6. The molecule has 0 aromatic rings. The van der Waals surface area contributed by atoms with Gasteiger partial charge in [-0.25, -0.2) is 13.1 Å².